The Morgan fingerprint density at radius 1 is 1.17 bits per heavy atom. The van der Waals surface area contributed by atoms with E-state index >= 15 is 0 Å². The minimum atomic E-state index is -0.646. The SMILES string of the molecule is COC(=O)[C@@H](CCC(C)C)NC(=O)OC(C)(C)C. The summed E-state index contributed by atoms with van der Waals surface area (Å²) in [5.41, 5.74) is -0.581. The van der Waals surface area contributed by atoms with Crippen LogP contribution in [0.1, 0.15) is 47.5 Å². The van der Waals surface area contributed by atoms with Gasteiger partial charge in [-0.25, -0.2) is 9.59 Å². The number of rotatable bonds is 5. The summed E-state index contributed by atoms with van der Waals surface area (Å²) in [6.07, 6.45) is 0.778. The molecule has 0 aliphatic rings. The fourth-order valence-electron chi connectivity index (χ4n) is 1.34. The van der Waals surface area contributed by atoms with E-state index in [9.17, 15) is 9.59 Å². The van der Waals surface area contributed by atoms with Gasteiger partial charge in [-0.15, -0.1) is 0 Å². The number of hydrogen-bond acceptors (Lipinski definition) is 4. The molecule has 0 unspecified atom stereocenters. The third kappa shape index (κ3) is 7.92. The summed E-state index contributed by atoms with van der Waals surface area (Å²) >= 11 is 0. The lowest BCUT2D eigenvalue weighted by molar-refractivity contribution is -0.143. The molecular weight excluding hydrogens is 234 g/mol. The number of methoxy groups -OCH3 is 1. The molecule has 0 aliphatic carbocycles. The van der Waals surface area contributed by atoms with Gasteiger partial charge >= 0.3 is 12.1 Å². The molecule has 0 bridgehead atoms. The molecule has 0 aromatic carbocycles. The molecule has 0 rings (SSSR count). The van der Waals surface area contributed by atoms with E-state index in [0.29, 0.717) is 12.3 Å². The predicted octanol–water partition coefficient (Wildman–Crippen LogP) is 2.49. The molecule has 0 saturated heterocycles. The topological polar surface area (TPSA) is 64.6 Å². The lowest BCUT2D eigenvalue weighted by Crippen LogP contribution is -2.44. The van der Waals surface area contributed by atoms with E-state index in [1.807, 2.05) is 0 Å². The van der Waals surface area contributed by atoms with Gasteiger partial charge in [0.1, 0.15) is 11.6 Å². The average Bonchev–Trinajstić information content (AvgIpc) is 2.20. The van der Waals surface area contributed by atoms with Gasteiger partial charge in [-0.3, -0.25) is 0 Å². The Labute approximate surface area is 109 Å². The van der Waals surface area contributed by atoms with Gasteiger partial charge in [0.05, 0.1) is 7.11 Å². The summed E-state index contributed by atoms with van der Waals surface area (Å²) in [6, 6.07) is -0.646. The first kappa shape index (κ1) is 16.7. The summed E-state index contributed by atoms with van der Waals surface area (Å²) in [5.74, 6) is 0.0131. The zero-order valence-corrected chi connectivity index (χ0v) is 12.2. The highest BCUT2D eigenvalue weighted by atomic mass is 16.6. The minimum absolute atomic E-state index is 0.443. The quantitative estimate of drug-likeness (QED) is 0.770. The Morgan fingerprint density at radius 3 is 2.11 bits per heavy atom. The molecule has 0 aliphatic heterocycles. The maximum Gasteiger partial charge on any atom is 0.408 e. The van der Waals surface area contributed by atoms with Crippen molar-refractivity contribution in [3.05, 3.63) is 0 Å². The van der Waals surface area contributed by atoms with Gasteiger partial charge in [0.2, 0.25) is 0 Å². The number of esters is 1. The number of nitrogens with one attached hydrogen (secondary N) is 1. The van der Waals surface area contributed by atoms with Crippen LogP contribution in [-0.4, -0.2) is 30.8 Å². The monoisotopic (exact) mass is 259 g/mol. The molecule has 0 aromatic heterocycles. The number of amides is 1. The van der Waals surface area contributed by atoms with Crippen molar-refractivity contribution in [1.29, 1.82) is 0 Å². The predicted molar refractivity (Wildman–Crippen MR) is 69.2 cm³/mol. The molecule has 0 aromatic rings. The normalized spacial score (nSPS) is 13.1. The fraction of sp³-hybridized carbons (Fsp3) is 0.846. The maximum atomic E-state index is 11.6. The summed E-state index contributed by atoms with van der Waals surface area (Å²) in [4.78, 5) is 23.1. The molecule has 1 amide bonds. The molecule has 5 nitrogen and oxygen atoms in total. The smallest absolute Gasteiger partial charge is 0.408 e. The largest absolute Gasteiger partial charge is 0.467 e. The molecule has 0 saturated carbocycles. The first-order valence-electron chi connectivity index (χ1n) is 6.23. The van der Waals surface area contributed by atoms with Crippen molar-refractivity contribution in [2.75, 3.05) is 7.11 Å². The van der Waals surface area contributed by atoms with Crippen LogP contribution < -0.4 is 5.32 Å². The van der Waals surface area contributed by atoms with Crippen LogP contribution >= 0.6 is 0 Å². The molecule has 0 heterocycles. The standard InChI is InChI=1S/C13H25NO4/c1-9(2)7-8-10(11(15)17-6)14-12(16)18-13(3,4)5/h9-10H,7-8H2,1-6H3,(H,14,16)/t10-/m1/s1. The Morgan fingerprint density at radius 2 is 1.72 bits per heavy atom. The maximum absolute atomic E-state index is 11.6. The van der Waals surface area contributed by atoms with Crippen LogP contribution in [0, 0.1) is 5.92 Å². The van der Waals surface area contributed by atoms with Crippen LogP contribution in [0.5, 0.6) is 0 Å². The van der Waals surface area contributed by atoms with Gasteiger partial charge in [0.15, 0.2) is 0 Å². The molecule has 5 heteroatoms. The van der Waals surface area contributed by atoms with Crippen LogP contribution in [0.3, 0.4) is 0 Å². The third-order valence-electron chi connectivity index (χ3n) is 2.21. The van der Waals surface area contributed by atoms with Crippen molar-refractivity contribution in [2.45, 2.75) is 59.1 Å². The second kappa shape index (κ2) is 7.24. The second-order valence-electron chi connectivity index (χ2n) is 5.69. The molecule has 1 atom stereocenters. The summed E-state index contributed by atoms with van der Waals surface area (Å²) in [7, 11) is 1.31. The van der Waals surface area contributed by atoms with Crippen molar-refractivity contribution < 1.29 is 19.1 Å². The zero-order valence-electron chi connectivity index (χ0n) is 12.2. The van der Waals surface area contributed by atoms with Crippen molar-refractivity contribution in [3.63, 3.8) is 0 Å². The molecule has 1 N–H and O–H groups in total. The van der Waals surface area contributed by atoms with E-state index in [1.165, 1.54) is 7.11 Å². The highest BCUT2D eigenvalue weighted by molar-refractivity contribution is 5.81. The Hall–Kier alpha value is -1.26. The van der Waals surface area contributed by atoms with E-state index in [0.717, 1.165) is 6.42 Å². The van der Waals surface area contributed by atoms with Crippen LogP contribution in [0.4, 0.5) is 4.79 Å². The van der Waals surface area contributed by atoms with Gasteiger partial charge in [-0.1, -0.05) is 13.8 Å². The number of hydrogen-bond donors (Lipinski definition) is 1. The van der Waals surface area contributed by atoms with Crippen LogP contribution in [0.25, 0.3) is 0 Å². The summed E-state index contributed by atoms with van der Waals surface area (Å²) < 4.78 is 9.78. The number of ether oxygens (including phenoxy) is 2. The number of carbonyl (C=O) groups is 2. The van der Waals surface area contributed by atoms with Crippen molar-refractivity contribution >= 4 is 12.1 Å². The fourth-order valence-corrected chi connectivity index (χ4v) is 1.34. The highest BCUT2D eigenvalue weighted by Crippen LogP contribution is 2.10. The molecule has 0 radical (unpaired) electrons. The van der Waals surface area contributed by atoms with Crippen molar-refractivity contribution in [3.8, 4) is 0 Å². The van der Waals surface area contributed by atoms with Crippen LogP contribution in [0.15, 0.2) is 0 Å². The Balaban J connectivity index is 4.40. The van der Waals surface area contributed by atoms with Gasteiger partial charge in [-0.2, -0.15) is 0 Å². The highest BCUT2D eigenvalue weighted by Gasteiger charge is 2.24. The summed E-state index contributed by atoms with van der Waals surface area (Å²) in [6.45, 7) is 9.43. The molecular formula is C13H25NO4. The van der Waals surface area contributed by atoms with Gasteiger partial charge in [0, 0.05) is 0 Å². The van der Waals surface area contributed by atoms with E-state index in [1.54, 1.807) is 20.8 Å². The van der Waals surface area contributed by atoms with Crippen molar-refractivity contribution in [2.24, 2.45) is 5.92 Å². The van der Waals surface area contributed by atoms with Gasteiger partial charge in [-0.05, 0) is 39.5 Å². The second-order valence-corrected chi connectivity index (χ2v) is 5.69. The first-order valence-corrected chi connectivity index (χ1v) is 6.23. The average molecular weight is 259 g/mol. The summed E-state index contributed by atoms with van der Waals surface area (Å²) in [5, 5.41) is 2.54. The Bertz CT molecular complexity index is 281. The molecule has 0 fully saturated rings. The minimum Gasteiger partial charge on any atom is -0.467 e. The van der Waals surface area contributed by atoms with E-state index in [4.69, 9.17) is 4.74 Å². The van der Waals surface area contributed by atoms with Crippen molar-refractivity contribution in [1.82, 2.24) is 5.32 Å². The van der Waals surface area contributed by atoms with E-state index in [2.05, 4.69) is 23.9 Å². The van der Waals surface area contributed by atoms with Gasteiger partial charge in [0.25, 0.3) is 0 Å². The molecule has 106 valence electrons. The first-order chi connectivity index (χ1) is 8.15. The van der Waals surface area contributed by atoms with Gasteiger partial charge < -0.3 is 14.8 Å². The third-order valence-corrected chi connectivity index (χ3v) is 2.21. The van der Waals surface area contributed by atoms with Crippen LogP contribution in [-0.2, 0) is 14.3 Å². The Kier molecular flexibility index (Phi) is 6.73. The van der Waals surface area contributed by atoms with Crippen LogP contribution in [0.2, 0.25) is 0 Å². The molecule has 0 spiro atoms. The molecule has 18 heavy (non-hydrogen) atoms. The van der Waals surface area contributed by atoms with E-state index < -0.39 is 23.7 Å². The lowest BCUT2D eigenvalue weighted by Gasteiger charge is -2.22. The lowest BCUT2D eigenvalue weighted by atomic mass is 10.0. The van der Waals surface area contributed by atoms with E-state index in [-0.39, 0.29) is 0 Å². The number of alkyl carbamates (subject to hydrolysis) is 1. The zero-order chi connectivity index (χ0) is 14.3. The number of carbonyl (C=O) groups excluding carboxylic acids is 2.